The molecule has 4 nitrogen and oxygen atoms in total. The lowest BCUT2D eigenvalue weighted by atomic mass is 9.79. The number of hydrogen-bond donors (Lipinski definition) is 1. The maximum Gasteiger partial charge on any atom is 0.495 e. The Kier molecular flexibility index (Phi) is 3.45. The quantitative estimate of drug-likeness (QED) is 0.663. The monoisotopic (exact) mass is 260 g/mol. The van der Waals surface area contributed by atoms with Crippen molar-refractivity contribution >= 4 is 18.4 Å². The zero-order chi connectivity index (χ0) is 14.3. The fourth-order valence-electron chi connectivity index (χ4n) is 2.00. The first-order chi connectivity index (χ1) is 8.75. The molecule has 0 spiro atoms. The summed E-state index contributed by atoms with van der Waals surface area (Å²) in [6.45, 7) is 11.8. The first kappa shape index (κ1) is 14.1. The van der Waals surface area contributed by atoms with Gasteiger partial charge in [0.25, 0.3) is 0 Å². The number of nitrogens with two attached hydrogens (primary N) is 1. The highest BCUT2D eigenvalue weighted by atomic mass is 16.7. The van der Waals surface area contributed by atoms with E-state index in [9.17, 15) is 0 Å². The van der Waals surface area contributed by atoms with Crippen LogP contribution in [0.5, 0.6) is 0 Å². The van der Waals surface area contributed by atoms with Crippen LogP contribution in [0, 0.1) is 0 Å². The molecule has 5 heteroatoms. The van der Waals surface area contributed by atoms with Crippen LogP contribution in [0.15, 0.2) is 24.8 Å². The van der Waals surface area contributed by atoms with Crippen molar-refractivity contribution in [2.75, 3.05) is 5.73 Å². The lowest BCUT2D eigenvalue weighted by Crippen LogP contribution is -2.41. The molecule has 1 fully saturated rings. The highest BCUT2D eigenvalue weighted by Gasteiger charge is 2.51. The van der Waals surface area contributed by atoms with E-state index >= 15 is 0 Å². The molecule has 0 aromatic carbocycles. The van der Waals surface area contributed by atoms with Crippen molar-refractivity contribution in [3.63, 3.8) is 0 Å². The summed E-state index contributed by atoms with van der Waals surface area (Å²) in [7, 11) is -0.404. The summed E-state index contributed by atoms with van der Waals surface area (Å²) in [6, 6.07) is 3.76. The van der Waals surface area contributed by atoms with Gasteiger partial charge >= 0.3 is 7.12 Å². The van der Waals surface area contributed by atoms with Crippen LogP contribution in [-0.2, 0) is 15.7 Å². The Bertz CT molecular complexity index is 484. The van der Waals surface area contributed by atoms with E-state index < -0.39 is 7.12 Å². The van der Waals surface area contributed by atoms with E-state index in [-0.39, 0.29) is 11.2 Å². The van der Waals surface area contributed by atoms with Crippen molar-refractivity contribution in [2.24, 2.45) is 0 Å². The largest absolute Gasteiger partial charge is 0.495 e. The Morgan fingerprint density at radius 3 is 2.37 bits per heavy atom. The number of anilines is 1. The van der Waals surface area contributed by atoms with E-state index in [1.54, 1.807) is 12.1 Å². The molecule has 0 aliphatic carbocycles. The number of aromatic nitrogens is 1. The molecule has 2 heterocycles. The van der Waals surface area contributed by atoms with Gasteiger partial charge in [0.1, 0.15) is 5.82 Å². The molecule has 2 N–H and O–H groups in total. The summed E-state index contributed by atoms with van der Waals surface area (Å²) in [6.07, 6.45) is 2.48. The minimum atomic E-state index is -0.404. The summed E-state index contributed by atoms with van der Waals surface area (Å²) in [5.74, 6) is 0.476. The Morgan fingerprint density at radius 1 is 1.26 bits per heavy atom. The second kappa shape index (κ2) is 4.65. The average molecular weight is 260 g/mol. The van der Waals surface area contributed by atoms with Crippen LogP contribution < -0.4 is 11.2 Å². The topological polar surface area (TPSA) is 57.4 Å². The first-order valence-electron chi connectivity index (χ1n) is 6.48. The molecule has 0 unspecified atom stereocenters. The van der Waals surface area contributed by atoms with E-state index in [1.807, 2.05) is 33.8 Å². The van der Waals surface area contributed by atoms with Crippen LogP contribution in [-0.4, -0.2) is 23.3 Å². The maximum atomic E-state index is 6.01. The van der Waals surface area contributed by atoms with Gasteiger partial charge < -0.3 is 15.0 Å². The summed E-state index contributed by atoms with van der Waals surface area (Å²) in [4.78, 5) is 4.26. The summed E-state index contributed by atoms with van der Waals surface area (Å²) in [5.41, 5.74) is 6.91. The Labute approximate surface area is 115 Å². The molecule has 1 aliphatic rings. The van der Waals surface area contributed by atoms with Gasteiger partial charge in [-0.2, -0.15) is 0 Å². The van der Waals surface area contributed by atoms with Crippen LogP contribution in [0.2, 0.25) is 0 Å². The van der Waals surface area contributed by atoms with Crippen molar-refractivity contribution in [3.8, 4) is 0 Å². The van der Waals surface area contributed by atoms with Crippen molar-refractivity contribution in [2.45, 2.75) is 45.3 Å². The minimum Gasteiger partial charge on any atom is -0.399 e. The standard InChI is InChI=1S/C14H21BN2O2/c1-6-7-11-8-10(9-12(16)17-11)15-18-13(2,3)14(4,5)19-15/h6,8-9H,1,7H2,2-5H3,(H2,16,17). The highest BCUT2D eigenvalue weighted by molar-refractivity contribution is 6.62. The third-order valence-electron chi connectivity index (χ3n) is 3.80. The normalized spacial score (nSPS) is 20.5. The number of hydrogen-bond acceptors (Lipinski definition) is 4. The summed E-state index contributed by atoms with van der Waals surface area (Å²) < 4.78 is 12.0. The fraction of sp³-hybridized carbons (Fsp3) is 0.500. The van der Waals surface area contributed by atoms with Crippen LogP contribution in [0.3, 0.4) is 0 Å². The van der Waals surface area contributed by atoms with Gasteiger partial charge in [-0.3, -0.25) is 0 Å². The van der Waals surface area contributed by atoms with Gasteiger partial charge in [-0.1, -0.05) is 6.08 Å². The van der Waals surface area contributed by atoms with Crippen molar-refractivity contribution < 1.29 is 9.31 Å². The second-order valence-electron chi connectivity index (χ2n) is 5.90. The zero-order valence-corrected chi connectivity index (χ0v) is 12.1. The van der Waals surface area contributed by atoms with Gasteiger partial charge in [0.05, 0.1) is 11.2 Å². The van der Waals surface area contributed by atoms with Crippen LogP contribution in [0.25, 0.3) is 0 Å². The number of rotatable bonds is 3. The SMILES string of the molecule is C=CCc1cc(B2OC(C)(C)C(C)(C)O2)cc(N)n1. The Balaban J connectivity index is 2.31. The van der Waals surface area contributed by atoms with E-state index in [0.717, 1.165) is 11.2 Å². The molecule has 2 rings (SSSR count). The molecule has 102 valence electrons. The molecule has 0 radical (unpaired) electrons. The lowest BCUT2D eigenvalue weighted by Gasteiger charge is -2.32. The summed E-state index contributed by atoms with van der Waals surface area (Å²) in [5, 5.41) is 0. The lowest BCUT2D eigenvalue weighted by molar-refractivity contribution is 0.00578. The molecule has 0 saturated carbocycles. The van der Waals surface area contributed by atoms with Crippen molar-refractivity contribution in [3.05, 3.63) is 30.5 Å². The molecule has 0 atom stereocenters. The zero-order valence-electron chi connectivity index (χ0n) is 12.1. The van der Waals surface area contributed by atoms with Crippen LogP contribution in [0.4, 0.5) is 5.82 Å². The third-order valence-corrected chi connectivity index (χ3v) is 3.80. The summed E-state index contributed by atoms with van der Waals surface area (Å²) >= 11 is 0. The predicted octanol–water partition coefficient (Wildman–Crippen LogP) is 1.69. The fourth-order valence-corrected chi connectivity index (χ4v) is 2.00. The van der Waals surface area contributed by atoms with E-state index in [2.05, 4.69) is 11.6 Å². The van der Waals surface area contributed by atoms with Gasteiger partial charge in [-0.05, 0) is 45.3 Å². The van der Waals surface area contributed by atoms with Crippen LogP contribution in [0.1, 0.15) is 33.4 Å². The van der Waals surface area contributed by atoms with Gasteiger partial charge in [-0.25, -0.2) is 4.98 Å². The van der Waals surface area contributed by atoms with E-state index in [1.165, 1.54) is 0 Å². The Hall–Kier alpha value is -1.33. The number of nitrogens with zero attached hydrogens (tertiary/aromatic N) is 1. The van der Waals surface area contributed by atoms with Gasteiger partial charge in [-0.15, -0.1) is 6.58 Å². The predicted molar refractivity (Wildman–Crippen MR) is 78.3 cm³/mol. The number of allylic oxidation sites excluding steroid dienone is 1. The van der Waals surface area contributed by atoms with Gasteiger partial charge in [0.2, 0.25) is 0 Å². The highest BCUT2D eigenvalue weighted by Crippen LogP contribution is 2.36. The molecule has 0 bridgehead atoms. The molecule has 1 aromatic heterocycles. The minimum absolute atomic E-state index is 0.353. The molecular weight excluding hydrogens is 239 g/mol. The van der Waals surface area contributed by atoms with E-state index in [4.69, 9.17) is 15.0 Å². The number of pyridine rings is 1. The molecule has 1 saturated heterocycles. The molecule has 19 heavy (non-hydrogen) atoms. The number of nitrogen functional groups attached to an aromatic ring is 1. The maximum absolute atomic E-state index is 6.01. The Morgan fingerprint density at radius 2 is 1.84 bits per heavy atom. The van der Waals surface area contributed by atoms with Crippen molar-refractivity contribution in [1.82, 2.24) is 4.98 Å². The average Bonchev–Trinajstić information content (AvgIpc) is 2.48. The van der Waals surface area contributed by atoms with Gasteiger partial charge in [0, 0.05) is 12.1 Å². The van der Waals surface area contributed by atoms with Crippen molar-refractivity contribution in [1.29, 1.82) is 0 Å². The third kappa shape index (κ3) is 2.67. The molecule has 1 aromatic rings. The molecular formula is C14H21BN2O2. The molecule has 1 aliphatic heterocycles. The van der Waals surface area contributed by atoms with Crippen LogP contribution >= 0.6 is 0 Å². The van der Waals surface area contributed by atoms with Gasteiger partial charge in [0.15, 0.2) is 0 Å². The first-order valence-corrected chi connectivity index (χ1v) is 6.48. The van der Waals surface area contributed by atoms with E-state index in [0.29, 0.717) is 12.2 Å². The smallest absolute Gasteiger partial charge is 0.399 e. The molecule has 0 amide bonds. The second-order valence-corrected chi connectivity index (χ2v) is 5.90.